The predicted octanol–water partition coefficient (Wildman–Crippen LogP) is 3.60. The Hall–Kier alpha value is -1.76. The minimum absolute atomic E-state index is 0.125. The van der Waals surface area contributed by atoms with Gasteiger partial charge in [0.1, 0.15) is 5.75 Å². The van der Waals surface area contributed by atoms with Crippen molar-refractivity contribution < 1.29 is 22.7 Å². The molecule has 2 rings (SSSR count). The number of halogens is 3. The van der Waals surface area contributed by atoms with Crippen molar-refractivity contribution in [3.05, 3.63) is 23.8 Å². The lowest BCUT2D eigenvalue weighted by Gasteiger charge is -2.36. The molecule has 1 aromatic carbocycles. The number of hydrogen-bond acceptors (Lipinski definition) is 3. The maximum atomic E-state index is 12.9. The molecule has 0 spiro atoms. The van der Waals surface area contributed by atoms with E-state index in [4.69, 9.17) is 4.74 Å². The molecule has 0 bridgehead atoms. The largest absolute Gasteiger partial charge is 0.495 e. The van der Waals surface area contributed by atoms with Gasteiger partial charge in [0.15, 0.2) is 0 Å². The second-order valence-electron chi connectivity index (χ2n) is 6.24. The van der Waals surface area contributed by atoms with Crippen LogP contribution in [-0.2, 0) is 4.79 Å². The van der Waals surface area contributed by atoms with Crippen molar-refractivity contribution in [1.82, 2.24) is 4.90 Å². The SMILES string of the molecule is COc1ccc(C)cc1NC(=O)[C@H](C)N1CCC[C@H](C(F)(F)F)C1. The molecule has 7 heteroatoms. The average Bonchev–Trinajstić information content (AvgIpc) is 2.53. The second kappa shape index (κ2) is 7.42. The smallest absolute Gasteiger partial charge is 0.393 e. The summed E-state index contributed by atoms with van der Waals surface area (Å²) in [6.07, 6.45) is -3.65. The van der Waals surface area contributed by atoms with E-state index < -0.39 is 18.1 Å². The molecule has 0 aromatic heterocycles. The highest BCUT2D eigenvalue weighted by atomic mass is 19.4. The topological polar surface area (TPSA) is 41.6 Å². The third-order valence-corrected chi connectivity index (χ3v) is 4.46. The zero-order valence-electron chi connectivity index (χ0n) is 14.1. The molecule has 1 saturated heterocycles. The van der Waals surface area contributed by atoms with Gasteiger partial charge in [-0.2, -0.15) is 13.2 Å². The van der Waals surface area contributed by atoms with E-state index in [0.29, 0.717) is 24.4 Å². The first-order chi connectivity index (χ1) is 11.2. The van der Waals surface area contributed by atoms with Gasteiger partial charge in [0.25, 0.3) is 0 Å². The summed E-state index contributed by atoms with van der Waals surface area (Å²) >= 11 is 0. The monoisotopic (exact) mass is 344 g/mol. The number of piperidine rings is 1. The number of ether oxygens (including phenoxy) is 1. The molecule has 1 aromatic rings. The molecule has 2 atom stereocenters. The van der Waals surface area contributed by atoms with Gasteiger partial charge < -0.3 is 10.1 Å². The van der Waals surface area contributed by atoms with Crippen LogP contribution >= 0.6 is 0 Å². The number of aryl methyl sites for hydroxylation is 1. The predicted molar refractivity (Wildman–Crippen MR) is 86.2 cm³/mol. The fraction of sp³-hybridized carbons (Fsp3) is 0.588. The highest BCUT2D eigenvalue weighted by Crippen LogP contribution is 2.34. The molecule has 0 radical (unpaired) electrons. The van der Waals surface area contributed by atoms with Crippen molar-refractivity contribution in [2.75, 3.05) is 25.5 Å². The van der Waals surface area contributed by atoms with Crippen molar-refractivity contribution in [2.45, 2.75) is 38.9 Å². The maximum Gasteiger partial charge on any atom is 0.393 e. The Balaban J connectivity index is 2.06. The van der Waals surface area contributed by atoms with E-state index in [2.05, 4.69) is 5.32 Å². The number of methoxy groups -OCH3 is 1. The van der Waals surface area contributed by atoms with Crippen molar-refractivity contribution in [1.29, 1.82) is 0 Å². The van der Waals surface area contributed by atoms with E-state index in [1.807, 2.05) is 13.0 Å². The van der Waals surface area contributed by atoms with Gasteiger partial charge in [-0.05, 0) is 50.9 Å². The molecular weight excluding hydrogens is 321 g/mol. The standard InChI is InChI=1S/C17H23F3N2O2/c1-11-6-7-15(24-3)14(9-11)21-16(23)12(2)22-8-4-5-13(10-22)17(18,19)20/h6-7,9,12-13H,4-5,8,10H2,1-3H3,(H,21,23)/t12-,13-/m0/s1. The van der Waals surface area contributed by atoms with Crippen LogP contribution in [0.1, 0.15) is 25.3 Å². The Morgan fingerprint density at radius 2 is 2.12 bits per heavy atom. The lowest BCUT2D eigenvalue weighted by molar-refractivity contribution is -0.188. The first-order valence-corrected chi connectivity index (χ1v) is 7.98. The van der Waals surface area contributed by atoms with Crippen molar-refractivity contribution >= 4 is 11.6 Å². The van der Waals surface area contributed by atoms with Crippen LogP contribution in [0.25, 0.3) is 0 Å². The summed E-state index contributed by atoms with van der Waals surface area (Å²) in [5.41, 5.74) is 1.48. The Morgan fingerprint density at radius 1 is 1.42 bits per heavy atom. The Bertz CT molecular complexity index is 590. The van der Waals surface area contributed by atoms with Crippen LogP contribution in [0.5, 0.6) is 5.75 Å². The minimum Gasteiger partial charge on any atom is -0.495 e. The van der Waals surface area contributed by atoms with Crippen molar-refractivity contribution in [2.24, 2.45) is 5.92 Å². The molecular formula is C17H23F3N2O2. The number of carbonyl (C=O) groups is 1. The molecule has 0 saturated carbocycles. The Kier molecular flexibility index (Phi) is 5.74. The summed E-state index contributed by atoms with van der Waals surface area (Å²) in [5.74, 6) is -1.18. The average molecular weight is 344 g/mol. The Labute approximate surface area is 140 Å². The van der Waals surface area contributed by atoms with Crippen LogP contribution < -0.4 is 10.1 Å². The van der Waals surface area contributed by atoms with E-state index in [1.54, 1.807) is 24.0 Å². The number of rotatable bonds is 4. The molecule has 1 aliphatic heterocycles. The summed E-state index contributed by atoms with van der Waals surface area (Å²) in [7, 11) is 1.50. The zero-order valence-corrected chi connectivity index (χ0v) is 14.1. The number of benzene rings is 1. The summed E-state index contributed by atoms with van der Waals surface area (Å²) < 4.78 is 44.0. The lowest BCUT2D eigenvalue weighted by atomic mass is 9.96. The molecule has 0 aliphatic carbocycles. The third-order valence-electron chi connectivity index (χ3n) is 4.46. The van der Waals surface area contributed by atoms with Gasteiger partial charge in [-0.15, -0.1) is 0 Å². The second-order valence-corrected chi connectivity index (χ2v) is 6.24. The van der Waals surface area contributed by atoms with Gasteiger partial charge in [-0.25, -0.2) is 0 Å². The van der Waals surface area contributed by atoms with Gasteiger partial charge in [0.2, 0.25) is 5.91 Å². The van der Waals surface area contributed by atoms with E-state index in [1.165, 1.54) is 7.11 Å². The lowest BCUT2D eigenvalue weighted by Crippen LogP contribution is -2.49. The summed E-state index contributed by atoms with van der Waals surface area (Å²) in [6, 6.07) is 4.74. The number of carbonyl (C=O) groups excluding carboxylic acids is 1. The molecule has 1 fully saturated rings. The number of nitrogens with one attached hydrogen (secondary N) is 1. The van der Waals surface area contributed by atoms with Crippen LogP contribution in [0, 0.1) is 12.8 Å². The number of alkyl halides is 3. The maximum absolute atomic E-state index is 12.9. The third kappa shape index (κ3) is 4.41. The van der Waals surface area contributed by atoms with Gasteiger partial charge in [0, 0.05) is 6.54 Å². The van der Waals surface area contributed by atoms with Crippen molar-refractivity contribution in [3.8, 4) is 5.75 Å². The summed E-state index contributed by atoms with van der Waals surface area (Å²) in [5, 5.41) is 2.77. The molecule has 1 N–H and O–H groups in total. The number of hydrogen-bond donors (Lipinski definition) is 1. The molecule has 1 heterocycles. The number of amides is 1. The molecule has 134 valence electrons. The molecule has 1 aliphatic rings. The molecule has 24 heavy (non-hydrogen) atoms. The van der Waals surface area contributed by atoms with Crippen LogP contribution in [0.2, 0.25) is 0 Å². The highest BCUT2D eigenvalue weighted by molar-refractivity contribution is 5.95. The number of nitrogens with zero attached hydrogens (tertiary/aromatic N) is 1. The highest BCUT2D eigenvalue weighted by Gasteiger charge is 2.43. The van der Waals surface area contributed by atoms with E-state index in [0.717, 1.165) is 5.56 Å². The quantitative estimate of drug-likeness (QED) is 0.907. The normalized spacial score (nSPS) is 20.5. The van der Waals surface area contributed by atoms with Crippen molar-refractivity contribution in [3.63, 3.8) is 0 Å². The van der Waals surface area contributed by atoms with Crippen LogP contribution in [0.15, 0.2) is 18.2 Å². The first kappa shape index (κ1) is 18.6. The Morgan fingerprint density at radius 3 is 2.75 bits per heavy atom. The fourth-order valence-corrected chi connectivity index (χ4v) is 2.95. The number of anilines is 1. The van der Waals surface area contributed by atoms with E-state index in [9.17, 15) is 18.0 Å². The summed E-state index contributed by atoms with van der Waals surface area (Å²) in [4.78, 5) is 14.1. The van der Waals surface area contributed by atoms with Gasteiger partial charge in [0.05, 0.1) is 24.8 Å². The first-order valence-electron chi connectivity index (χ1n) is 7.98. The van der Waals surface area contributed by atoms with E-state index >= 15 is 0 Å². The van der Waals surface area contributed by atoms with Gasteiger partial charge in [-0.1, -0.05) is 6.07 Å². The zero-order chi connectivity index (χ0) is 17.9. The van der Waals surface area contributed by atoms with Gasteiger partial charge >= 0.3 is 6.18 Å². The summed E-state index contributed by atoms with van der Waals surface area (Å²) in [6.45, 7) is 3.88. The molecule has 0 unspecified atom stereocenters. The minimum atomic E-state index is -4.21. The molecule has 1 amide bonds. The van der Waals surface area contributed by atoms with Crippen LogP contribution in [0.4, 0.5) is 18.9 Å². The molecule has 4 nitrogen and oxygen atoms in total. The fourth-order valence-electron chi connectivity index (χ4n) is 2.95. The van der Waals surface area contributed by atoms with Crippen LogP contribution in [0.3, 0.4) is 0 Å². The van der Waals surface area contributed by atoms with E-state index in [-0.39, 0.29) is 18.9 Å². The van der Waals surface area contributed by atoms with Crippen LogP contribution in [-0.4, -0.2) is 43.2 Å². The van der Waals surface area contributed by atoms with Gasteiger partial charge in [-0.3, -0.25) is 9.69 Å². The number of likely N-dealkylation sites (tertiary alicyclic amines) is 1.